The molecule has 14 heavy (non-hydrogen) atoms. The summed E-state index contributed by atoms with van der Waals surface area (Å²) in [4.78, 5) is 2.54. The molecule has 3 aliphatic rings. The minimum atomic E-state index is 1.09. The van der Waals surface area contributed by atoms with Gasteiger partial charge in [0.05, 0.1) is 0 Å². The first kappa shape index (κ1) is 10.5. The Labute approximate surface area is 88.9 Å². The van der Waals surface area contributed by atoms with E-state index in [9.17, 15) is 0 Å². The van der Waals surface area contributed by atoms with Crippen LogP contribution < -0.4 is 0 Å². The van der Waals surface area contributed by atoms with Crippen molar-refractivity contribution in [1.29, 1.82) is 0 Å². The Balaban J connectivity index is 1.73. The zero-order valence-electron chi connectivity index (χ0n) is 9.67. The maximum Gasteiger partial charge on any atom is -0.00191 e. The Morgan fingerprint density at radius 2 is 1.50 bits per heavy atom. The quantitative estimate of drug-likeness (QED) is 0.573. The van der Waals surface area contributed by atoms with Crippen LogP contribution >= 0.6 is 0 Å². The van der Waals surface area contributed by atoms with Crippen LogP contribution in [0.1, 0.15) is 51.4 Å². The van der Waals surface area contributed by atoms with E-state index < -0.39 is 0 Å². The molecule has 3 rings (SSSR count). The molecule has 1 nitrogen and oxygen atoms in total. The first-order valence-electron chi connectivity index (χ1n) is 6.53. The number of nitrogens with zero attached hydrogens (tertiary/aromatic N) is 1. The summed E-state index contributed by atoms with van der Waals surface area (Å²) < 4.78 is 0. The monoisotopic (exact) mass is 195 g/mol. The molecule has 2 aliphatic heterocycles. The fraction of sp³-hybridized carbons (Fsp3) is 1.00. The highest BCUT2D eigenvalue weighted by Gasteiger charge is 2.28. The van der Waals surface area contributed by atoms with Crippen molar-refractivity contribution in [3.63, 3.8) is 0 Å². The average Bonchev–Trinajstić information content (AvgIpc) is 2.08. The largest absolute Gasteiger partial charge is 0.306 e. The van der Waals surface area contributed by atoms with E-state index >= 15 is 0 Å². The highest BCUT2D eigenvalue weighted by atomic mass is 15.1. The van der Waals surface area contributed by atoms with Crippen molar-refractivity contribution in [3.05, 3.63) is 0 Å². The van der Waals surface area contributed by atoms with Crippen molar-refractivity contribution in [2.75, 3.05) is 20.1 Å². The van der Waals surface area contributed by atoms with E-state index in [1.165, 1.54) is 51.6 Å². The molecule has 0 aromatic heterocycles. The van der Waals surface area contributed by atoms with Crippen LogP contribution in [-0.4, -0.2) is 25.0 Å². The molecular weight excluding hydrogens is 170 g/mol. The summed E-state index contributed by atoms with van der Waals surface area (Å²) in [6, 6.07) is 0. The van der Waals surface area contributed by atoms with Gasteiger partial charge >= 0.3 is 0 Å². The Bertz CT molecular complexity index is 154. The maximum atomic E-state index is 2.54. The molecule has 82 valence electrons. The Morgan fingerprint density at radius 3 is 2.36 bits per heavy atom. The highest BCUT2D eigenvalue weighted by Crippen LogP contribution is 2.39. The number of hydrogen-bond donors (Lipinski definition) is 0. The zero-order valence-corrected chi connectivity index (χ0v) is 9.67. The van der Waals surface area contributed by atoms with Crippen molar-refractivity contribution in [2.45, 2.75) is 51.4 Å². The lowest BCUT2D eigenvalue weighted by molar-refractivity contribution is 0.146. The summed E-state index contributed by atoms with van der Waals surface area (Å²) in [6.45, 7) is 2.67. The fourth-order valence-electron chi connectivity index (χ4n) is 3.03. The molecule has 0 atom stereocenters. The van der Waals surface area contributed by atoms with Gasteiger partial charge < -0.3 is 4.90 Å². The Morgan fingerprint density at radius 1 is 0.786 bits per heavy atom. The predicted octanol–water partition coefficient (Wildman–Crippen LogP) is 3.30. The van der Waals surface area contributed by atoms with Gasteiger partial charge in [-0.1, -0.05) is 25.7 Å². The summed E-state index contributed by atoms with van der Waals surface area (Å²) >= 11 is 0. The topological polar surface area (TPSA) is 3.24 Å². The van der Waals surface area contributed by atoms with E-state index in [-0.39, 0.29) is 0 Å². The van der Waals surface area contributed by atoms with Crippen molar-refractivity contribution in [1.82, 2.24) is 4.90 Å². The first-order chi connectivity index (χ1) is 6.84. The van der Waals surface area contributed by atoms with Gasteiger partial charge in [0.2, 0.25) is 0 Å². The van der Waals surface area contributed by atoms with Crippen LogP contribution in [-0.2, 0) is 0 Å². The molecule has 1 saturated carbocycles. The smallest absolute Gasteiger partial charge is 0.00191 e. The first-order valence-corrected chi connectivity index (χ1v) is 6.53. The van der Waals surface area contributed by atoms with Crippen LogP contribution in [0, 0.1) is 11.8 Å². The third-order valence-corrected chi connectivity index (χ3v) is 4.15. The molecule has 0 aromatic carbocycles. The molecule has 0 aromatic rings. The van der Waals surface area contributed by atoms with Gasteiger partial charge in [-0.15, -0.1) is 0 Å². The fourth-order valence-corrected chi connectivity index (χ4v) is 3.03. The summed E-state index contributed by atoms with van der Waals surface area (Å²) in [6.07, 6.45) is 12.0. The molecule has 0 N–H and O–H groups in total. The molecule has 0 amide bonds. The summed E-state index contributed by atoms with van der Waals surface area (Å²) in [5.74, 6) is 2.20. The van der Waals surface area contributed by atoms with Crippen molar-refractivity contribution in [2.24, 2.45) is 11.8 Å². The second-order valence-corrected chi connectivity index (χ2v) is 5.50. The predicted molar refractivity (Wildman–Crippen MR) is 61.4 cm³/mol. The number of fused-ring (bicyclic) bond motifs is 8. The number of rotatable bonds is 0. The van der Waals surface area contributed by atoms with Gasteiger partial charge in [0.25, 0.3) is 0 Å². The molecule has 0 unspecified atom stereocenters. The molecular formula is C13H25N. The third-order valence-electron chi connectivity index (χ3n) is 4.15. The van der Waals surface area contributed by atoms with E-state index in [0.717, 1.165) is 11.8 Å². The van der Waals surface area contributed by atoms with Gasteiger partial charge in [-0.25, -0.2) is 0 Å². The number of hydrogen-bond acceptors (Lipinski definition) is 1. The second kappa shape index (κ2) is 5.16. The Kier molecular flexibility index (Phi) is 3.86. The lowest BCUT2D eigenvalue weighted by Gasteiger charge is -2.37. The maximum absolute atomic E-state index is 2.54. The van der Waals surface area contributed by atoms with Gasteiger partial charge in [-0.2, -0.15) is 0 Å². The highest BCUT2D eigenvalue weighted by molar-refractivity contribution is 4.80. The molecule has 3 fully saturated rings. The van der Waals surface area contributed by atoms with E-state index in [0.29, 0.717) is 0 Å². The average molecular weight is 195 g/mol. The van der Waals surface area contributed by atoms with Gasteiger partial charge in [-0.3, -0.25) is 0 Å². The summed E-state index contributed by atoms with van der Waals surface area (Å²) in [5.41, 5.74) is 0. The van der Waals surface area contributed by atoms with Gasteiger partial charge in [-0.05, 0) is 57.7 Å². The van der Waals surface area contributed by atoms with Crippen molar-refractivity contribution in [3.8, 4) is 0 Å². The minimum Gasteiger partial charge on any atom is -0.306 e. The van der Waals surface area contributed by atoms with Crippen molar-refractivity contribution >= 4 is 0 Å². The van der Waals surface area contributed by atoms with Crippen LogP contribution in [0.4, 0.5) is 0 Å². The van der Waals surface area contributed by atoms with E-state index in [2.05, 4.69) is 11.9 Å². The van der Waals surface area contributed by atoms with Crippen LogP contribution in [0.15, 0.2) is 0 Å². The molecule has 0 spiro atoms. The van der Waals surface area contributed by atoms with Crippen LogP contribution in [0.2, 0.25) is 0 Å². The Hall–Kier alpha value is -0.0400. The second-order valence-electron chi connectivity index (χ2n) is 5.50. The van der Waals surface area contributed by atoms with E-state index in [1.54, 1.807) is 12.8 Å². The molecule has 2 saturated heterocycles. The molecule has 0 radical (unpaired) electrons. The lowest BCUT2D eigenvalue weighted by Crippen LogP contribution is -2.29. The van der Waals surface area contributed by atoms with Gasteiger partial charge in [0.15, 0.2) is 0 Å². The van der Waals surface area contributed by atoms with Gasteiger partial charge in [0, 0.05) is 0 Å². The SMILES string of the molecule is CN1CCCCCCC2CC(CC1)C2. The lowest BCUT2D eigenvalue weighted by atomic mass is 9.71. The third kappa shape index (κ3) is 2.98. The zero-order chi connectivity index (χ0) is 9.80. The van der Waals surface area contributed by atoms with Crippen LogP contribution in [0.25, 0.3) is 0 Å². The van der Waals surface area contributed by atoms with E-state index in [4.69, 9.17) is 0 Å². The normalized spacial score (nSPS) is 36.6. The van der Waals surface area contributed by atoms with E-state index in [1.807, 2.05) is 0 Å². The molecule has 1 heteroatoms. The van der Waals surface area contributed by atoms with Gasteiger partial charge in [0.1, 0.15) is 0 Å². The van der Waals surface area contributed by atoms with Crippen molar-refractivity contribution < 1.29 is 0 Å². The minimum absolute atomic E-state index is 1.09. The molecule has 2 bridgehead atoms. The molecule has 1 aliphatic carbocycles. The summed E-state index contributed by atoms with van der Waals surface area (Å²) in [7, 11) is 2.29. The molecule has 2 heterocycles. The summed E-state index contributed by atoms with van der Waals surface area (Å²) in [5, 5.41) is 0. The standard InChI is InChI=1S/C13H25N/c1-14-8-5-3-2-4-6-12-10-13(11-12)7-9-14/h12-13H,2-11H2,1H3. The van der Waals surface area contributed by atoms with Crippen LogP contribution in [0.5, 0.6) is 0 Å². The van der Waals surface area contributed by atoms with Crippen LogP contribution in [0.3, 0.4) is 0 Å².